The van der Waals surface area contributed by atoms with Gasteiger partial charge in [0.2, 0.25) is 0 Å². The summed E-state index contributed by atoms with van der Waals surface area (Å²) in [6.45, 7) is 3.46. The lowest BCUT2D eigenvalue weighted by Gasteiger charge is -2.35. The molecule has 0 bridgehead atoms. The number of benzene rings is 2. The molecule has 2 aliphatic heterocycles. The van der Waals surface area contributed by atoms with Gasteiger partial charge in [0.15, 0.2) is 0 Å². The van der Waals surface area contributed by atoms with Crippen LogP contribution < -0.4 is 10.2 Å². The number of piperidine rings is 1. The maximum Gasteiger partial charge on any atom is 0.257 e. The highest BCUT2D eigenvalue weighted by atomic mass is 79.9. The number of amides is 2. The van der Waals surface area contributed by atoms with Crippen molar-refractivity contribution >= 4 is 39.1 Å². The minimum Gasteiger partial charge on any atom is -0.371 e. The average molecular weight is 508 g/mol. The van der Waals surface area contributed by atoms with Crippen molar-refractivity contribution in [1.29, 1.82) is 0 Å². The normalized spacial score (nSPS) is 21.2. The third-order valence-corrected chi connectivity index (χ3v) is 8.78. The lowest BCUT2D eigenvalue weighted by Crippen LogP contribution is -2.35. The molecule has 2 aromatic rings. The van der Waals surface area contributed by atoms with E-state index in [1.54, 1.807) is 0 Å². The van der Waals surface area contributed by atoms with Crippen molar-refractivity contribution in [1.82, 2.24) is 4.90 Å². The number of hydrogen-bond donors (Lipinski definition) is 1. The summed E-state index contributed by atoms with van der Waals surface area (Å²) in [6.07, 6.45) is 8.83. The molecule has 0 unspecified atom stereocenters. The fourth-order valence-corrected chi connectivity index (χ4v) is 6.05. The monoisotopic (exact) mass is 507 g/mol. The highest BCUT2D eigenvalue weighted by Gasteiger charge is 2.44. The Balaban J connectivity index is 1.23. The minimum atomic E-state index is -0.150. The zero-order valence-corrected chi connectivity index (χ0v) is 20.5. The maximum absolute atomic E-state index is 13.5. The largest absolute Gasteiger partial charge is 0.371 e. The standard InChI is InChI=1S/C27H30BrN3O2/c28-20-7-8-21(23(15-20)30-13-11-27(9-10-27)12-14-30)25(32)29-22-6-2-5-19-17-31(26(33)24(19)22)16-18-3-1-4-18/h2,5-8,15,18H,1,3-4,9-14,16-17H2,(H,29,32). The van der Waals surface area contributed by atoms with Gasteiger partial charge in [0.05, 0.1) is 22.5 Å². The average Bonchev–Trinajstić information content (AvgIpc) is 3.45. The smallest absolute Gasteiger partial charge is 0.257 e. The Labute approximate surface area is 203 Å². The van der Waals surface area contributed by atoms with E-state index in [1.165, 1.54) is 44.9 Å². The number of anilines is 2. The van der Waals surface area contributed by atoms with Gasteiger partial charge in [-0.3, -0.25) is 9.59 Å². The van der Waals surface area contributed by atoms with Crippen molar-refractivity contribution in [3.05, 3.63) is 57.6 Å². The summed E-state index contributed by atoms with van der Waals surface area (Å²) in [4.78, 5) is 31.0. The summed E-state index contributed by atoms with van der Waals surface area (Å²) >= 11 is 3.59. The van der Waals surface area contributed by atoms with Crippen LogP contribution in [0.2, 0.25) is 0 Å². The molecular formula is C27H30BrN3O2. The number of nitrogens with one attached hydrogen (secondary N) is 1. The van der Waals surface area contributed by atoms with Crippen molar-refractivity contribution < 1.29 is 9.59 Å². The predicted molar refractivity (Wildman–Crippen MR) is 134 cm³/mol. The summed E-state index contributed by atoms with van der Waals surface area (Å²) in [5.74, 6) is 0.531. The van der Waals surface area contributed by atoms with Crippen LogP contribution in [0.5, 0.6) is 0 Å². The molecule has 2 aromatic carbocycles. The van der Waals surface area contributed by atoms with E-state index < -0.39 is 0 Å². The first-order valence-electron chi connectivity index (χ1n) is 12.3. The van der Waals surface area contributed by atoms with E-state index in [4.69, 9.17) is 0 Å². The van der Waals surface area contributed by atoms with E-state index in [2.05, 4.69) is 32.2 Å². The van der Waals surface area contributed by atoms with Crippen LogP contribution in [0.15, 0.2) is 40.9 Å². The molecule has 5 nitrogen and oxygen atoms in total. The molecule has 6 heteroatoms. The second-order valence-corrected chi connectivity index (χ2v) is 11.3. The van der Waals surface area contributed by atoms with Crippen molar-refractivity contribution in [3.8, 4) is 0 Å². The first-order chi connectivity index (χ1) is 16.0. The van der Waals surface area contributed by atoms with Gasteiger partial charge in [-0.05, 0) is 79.7 Å². The molecule has 3 fully saturated rings. The lowest BCUT2D eigenvalue weighted by molar-refractivity contribution is 0.0720. The van der Waals surface area contributed by atoms with Gasteiger partial charge in [-0.2, -0.15) is 0 Å². The number of carbonyl (C=O) groups excluding carboxylic acids is 2. The van der Waals surface area contributed by atoms with Gasteiger partial charge in [-0.15, -0.1) is 0 Å². The molecule has 0 aromatic heterocycles. The molecule has 0 atom stereocenters. The van der Waals surface area contributed by atoms with E-state index in [0.29, 0.717) is 34.7 Å². The Bertz CT molecular complexity index is 1110. The maximum atomic E-state index is 13.5. The molecule has 33 heavy (non-hydrogen) atoms. The highest BCUT2D eigenvalue weighted by molar-refractivity contribution is 9.10. The summed E-state index contributed by atoms with van der Waals surface area (Å²) in [6, 6.07) is 11.7. The zero-order chi connectivity index (χ0) is 22.6. The van der Waals surface area contributed by atoms with E-state index in [1.807, 2.05) is 35.2 Å². The van der Waals surface area contributed by atoms with Crippen LogP contribution in [-0.2, 0) is 6.54 Å². The highest BCUT2D eigenvalue weighted by Crippen LogP contribution is 2.54. The molecule has 2 aliphatic carbocycles. The quantitative estimate of drug-likeness (QED) is 0.553. The fourth-order valence-electron chi connectivity index (χ4n) is 5.71. The molecule has 4 aliphatic rings. The Morgan fingerprint density at radius 3 is 2.58 bits per heavy atom. The van der Waals surface area contributed by atoms with Crippen molar-refractivity contribution in [2.24, 2.45) is 11.3 Å². The number of fused-ring (bicyclic) bond motifs is 1. The van der Waals surface area contributed by atoms with Gasteiger partial charge in [0.25, 0.3) is 11.8 Å². The Kier molecular flexibility index (Phi) is 5.24. The Hall–Kier alpha value is -2.34. The van der Waals surface area contributed by atoms with Crippen molar-refractivity contribution in [2.75, 3.05) is 29.9 Å². The summed E-state index contributed by atoms with van der Waals surface area (Å²) in [5.41, 5.74) is 4.53. The van der Waals surface area contributed by atoms with Crippen molar-refractivity contribution in [3.63, 3.8) is 0 Å². The van der Waals surface area contributed by atoms with Gasteiger partial charge >= 0.3 is 0 Å². The van der Waals surface area contributed by atoms with E-state index in [-0.39, 0.29) is 11.8 Å². The van der Waals surface area contributed by atoms with Crippen LogP contribution >= 0.6 is 15.9 Å². The molecular weight excluding hydrogens is 478 g/mol. The molecule has 0 radical (unpaired) electrons. The van der Waals surface area contributed by atoms with Crippen LogP contribution in [0.4, 0.5) is 11.4 Å². The van der Waals surface area contributed by atoms with Gasteiger partial charge in [-0.25, -0.2) is 0 Å². The molecule has 2 heterocycles. The molecule has 1 saturated heterocycles. The first-order valence-corrected chi connectivity index (χ1v) is 13.1. The molecule has 2 amide bonds. The van der Waals surface area contributed by atoms with Gasteiger partial charge in [0.1, 0.15) is 0 Å². The van der Waals surface area contributed by atoms with Crippen LogP contribution in [0, 0.1) is 11.3 Å². The van der Waals surface area contributed by atoms with Gasteiger partial charge < -0.3 is 15.1 Å². The Morgan fingerprint density at radius 2 is 1.88 bits per heavy atom. The molecule has 172 valence electrons. The predicted octanol–water partition coefficient (Wildman–Crippen LogP) is 5.84. The zero-order valence-electron chi connectivity index (χ0n) is 18.9. The topological polar surface area (TPSA) is 52.7 Å². The summed E-state index contributed by atoms with van der Waals surface area (Å²) in [5, 5.41) is 3.09. The molecule has 6 rings (SSSR count). The second kappa shape index (κ2) is 8.15. The summed E-state index contributed by atoms with van der Waals surface area (Å²) in [7, 11) is 0. The second-order valence-electron chi connectivity index (χ2n) is 10.4. The number of rotatable bonds is 5. The van der Waals surface area contributed by atoms with Gasteiger partial charge in [0, 0.05) is 30.7 Å². The van der Waals surface area contributed by atoms with E-state index >= 15 is 0 Å². The molecule has 1 spiro atoms. The fraction of sp³-hybridized carbons (Fsp3) is 0.481. The van der Waals surface area contributed by atoms with Crippen LogP contribution in [-0.4, -0.2) is 36.3 Å². The molecule has 1 N–H and O–H groups in total. The Morgan fingerprint density at radius 1 is 1.09 bits per heavy atom. The number of hydrogen-bond acceptors (Lipinski definition) is 3. The number of nitrogens with zero attached hydrogens (tertiary/aromatic N) is 2. The first kappa shape index (κ1) is 21.2. The van der Waals surface area contributed by atoms with Crippen molar-refractivity contribution in [2.45, 2.75) is 51.5 Å². The SMILES string of the molecule is O=C(Nc1cccc2c1C(=O)N(CC1CCC1)C2)c1ccc(Br)cc1N1CCC2(CC1)CC2. The number of halogens is 1. The van der Waals surface area contributed by atoms with Gasteiger partial charge in [-0.1, -0.05) is 34.5 Å². The summed E-state index contributed by atoms with van der Waals surface area (Å²) < 4.78 is 0.975. The third-order valence-electron chi connectivity index (χ3n) is 8.29. The number of carbonyl (C=O) groups is 2. The van der Waals surface area contributed by atoms with Crippen LogP contribution in [0.25, 0.3) is 0 Å². The van der Waals surface area contributed by atoms with E-state index in [0.717, 1.165) is 35.4 Å². The molecule has 2 saturated carbocycles. The third kappa shape index (κ3) is 3.96. The van der Waals surface area contributed by atoms with Crippen LogP contribution in [0.1, 0.15) is 71.2 Å². The van der Waals surface area contributed by atoms with E-state index in [9.17, 15) is 9.59 Å². The van der Waals surface area contributed by atoms with Crippen LogP contribution in [0.3, 0.4) is 0 Å². The lowest BCUT2D eigenvalue weighted by atomic mass is 9.85. The minimum absolute atomic E-state index is 0.0505.